The summed E-state index contributed by atoms with van der Waals surface area (Å²) in [5.74, 6) is -1.69. The molecule has 0 radical (unpaired) electrons. The molecule has 1 heterocycles. The summed E-state index contributed by atoms with van der Waals surface area (Å²) < 4.78 is 26.8. The van der Waals surface area contributed by atoms with E-state index < -0.39 is 11.6 Å². The van der Waals surface area contributed by atoms with Crippen molar-refractivity contribution in [2.45, 2.75) is 0 Å². The molecule has 0 unspecified atom stereocenters. The molecule has 16 heavy (non-hydrogen) atoms. The van der Waals surface area contributed by atoms with Crippen LogP contribution in [0.25, 0.3) is 0 Å². The topological polar surface area (TPSA) is 32.5 Å². The summed E-state index contributed by atoms with van der Waals surface area (Å²) >= 11 is 0. The van der Waals surface area contributed by atoms with Gasteiger partial charge in [0.1, 0.15) is 0 Å². The molecule has 1 aromatic rings. The highest BCUT2D eigenvalue weighted by molar-refractivity contribution is 5.68. The van der Waals surface area contributed by atoms with E-state index in [-0.39, 0.29) is 5.69 Å². The zero-order valence-electron chi connectivity index (χ0n) is 9.21. The van der Waals surface area contributed by atoms with Crippen LogP contribution >= 0.6 is 0 Å². The van der Waals surface area contributed by atoms with Gasteiger partial charge in [0.2, 0.25) is 0 Å². The molecule has 0 bridgehead atoms. The van der Waals surface area contributed by atoms with Crippen molar-refractivity contribution >= 4 is 11.4 Å². The first-order chi connectivity index (χ1) is 7.59. The van der Waals surface area contributed by atoms with E-state index in [0.717, 1.165) is 19.2 Å². The maximum Gasteiger partial charge on any atom is 0.184 e. The third-order valence-electron chi connectivity index (χ3n) is 2.92. The predicted octanol–water partition coefficient (Wildman–Crippen LogP) is 1.30. The maximum atomic E-state index is 13.6. The van der Waals surface area contributed by atoms with Gasteiger partial charge in [0.15, 0.2) is 11.6 Å². The van der Waals surface area contributed by atoms with Crippen molar-refractivity contribution in [1.82, 2.24) is 4.90 Å². The fourth-order valence-electron chi connectivity index (χ4n) is 1.91. The molecule has 5 heteroatoms. The second-order valence-electron chi connectivity index (χ2n) is 4.09. The van der Waals surface area contributed by atoms with Crippen LogP contribution in [0.3, 0.4) is 0 Å². The number of nitrogens with zero attached hydrogens (tertiary/aromatic N) is 2. The summed E-state index contributed by atoms with van der Waals surface area (Å²) in [5.41, 5.74) is 6.19. The number of halogens is 2. The van der Waals surface area contributed by atoms with Crippen molar-refractivity contribution in [1.29, 1.82) is 0 Å². The van der Waals surface area contributed by atoms with Gasteiger partial charge in [0, 0.05) is 26.2 Å². The number of hydrogen-bond donors (Lipinski definition) is 1. The first-order valence-corrected chi connectivity index (χ1v) is 5.26. The van der Waals surface area contributed by atoms with Crippen LogP contribution in [0.2, 0.25) is 0 Å². The minimum absolute atomic E-state index is 0.202. The molecule has 1 aromatic carbocycles. The van der Waals surface area contributed by atoms with E-state index >= 15 is 0 Å². The number of piperazine rings is 1. The number of benzene rings is 1. The monoisotopic (exact) mass is 227 g/mol. The van der Waals surface area contributed by atoms with Crippen molar-refractivity contribution in [3.05, 3.63) is 23.8 Å². The number of likely N-dealkylation sites (N-methyl/N-ethyl adjacent to an activating group) is 1. The zero-order valence-corrected chi connectivity index (χ0v) is 9.21. The second-order valence-corrected chi connectivity index (χ2v) is 4.09. The summed E-state index contributed by atoms with van der Waals surface area (Å²) in [6.07, 6.45) is 0. The number of nitrogens with two attached hydrogens (primary N) is 1. The van der Waals surface area contributed by atoms with Crippen LogP contribution in [0, 0.1) is 11.6 Å². The van der Waals surface area contributed by atoms with E-state index in [1.165, 1.54) is 6.07 Å². The molecule has 0 amide bonds. The Labute approximate surface area is 93.4 Å². The van der Waals surface area contributed by atoms with Crippen LogP contribution in [0.5, 0.6) is 0 Å². The lowest BCUT2D eigenvalue weighted by Gasteiger charge is -2.34. The third-order valence-corrected chi connectivity index (χ3v) is 2.92. The Morgan fingerprint density at radius 3 is 2.38 bits per heavy atom. The Balaban J connectivity index is 2.29. The molecular weight excluding hydrogens is 212 g/mol. The van der Waals surface area contributed by atoms with Gasteiger partial charge < -0.3 is 15.5 Å². The predicted molar refractivity (Wildman–Crippen MR) is 60.5 cm³/mol. The van der Waals surface area contributed by atoms with Crippen LogP contribution in [-0.4, -0.2) is 38.1 Å². The average molecular weight is 227 g/mol. The minimum atomic E-state index is -0.844. The van der Waals surface area contributed by atoms with Gasteiger partial charge in [-0.1, -0.05) is 0 Å². The van der Waals surface area contributed by atoms with E-state index in [0.29, 0.717) is 18.8 Å². The van der Waals surface area contributed by atoms with Gasteiger partial charge in [0.25, 0.3) is 0 Å². The Morgan fingerprint density at radius 2 is 1.75 bits per heavy atom. The van der Waals surface area contributed by atoms with Crippen molar-refractivity contribution in [2.75, 3.05) is 43.9 Å². The number of nitrogen functional groups attached to an aromatic ring is 1. The molecule has 2 N–H and O–H groups in total. The minimum Gasteiger partial charge on any atom is -0.397 e. The number of rotatable bonds is 1. The lowest BCUT2D eigenvalue weighted by molar-refractivity contribution is 0.311. The van der Waals surface area contributed by atoms with E-state index in [1.807, 2.05) is 7.05 Å². The molecule has 1 saturated heterocycles. The van der Waals surface area contributed by atoms with Gasteiger partial charge in [-0.25, -0.2) is 8.78 Å². The molecular formula is C11H15F2N3. The SMILES string of the molecule is CN1CCN(c2c(N)ccc(F)c2F)CC1. The molecule has 0 atom stereocenters. The zero-order chi connectivity index (χ0) is 11.7. The first-order valence-electron chi connectivity index (χ1n) is 5.26. The summed E-state index contributed by atoms with van der Waals surface area (Å²) in [4.78, 5) is 3.94. The molecule has 88 valence electrons. The molecule has 1 aliphatic heterocycles. The molecule has 0 saturated carbocycles. The largest absolute Gasteiger partial charge is 0.397 e. The quantitative estimate of drug-likeness (QED) is 0.734. The Kier molecular flexibility index (Phi) is 2.96. The summed E-state index contributed by atoms with van der Waals surface area (Å²) in [5, 5.41) is 0. The van der Waals surface area contributed by atoms with Crippen LogP contribution in [0.4, 0.5) is 20.2 Å². The van der Waals surface area contributed by atoms with Crippen LogP contribution in [0.15, 0.2) is 12.1 Å². The lowest BCUT2D eigenvalue weighted by Crippen LogP contribution is -2.45. The van der Waals surface area contributed by atoms with Gasteiger partial charge in [-0.15, -0.1) is 0 Å². The first kappa shape index (κ1) is 11.1. The molecule has 0 spiro atoms. The third kappa shape index (κ3) is 1.95. The molecule has 0 aromatic heterocycles. The van der Waals surface area contributed by atoms with Gasteiger partial charge in [0.05, 0.1) is 11.4 Å². The van der Waals surface area contributed by atoms with Crippen LogP contribution in [0.1, 0.15) is 0 Å². The molecule has 3 nitrogen and oxygen atoms in total. The average Bonchev–Trinajstić information content (AvgIpc) is 2.27. The fraction of sp³-hybridized carbons (Fsp3) is 0.455. The summed E-state index contributed by atoms with van der Waals surface area (Å²) in [6.45, 7) is 2.99. The molecule has 1 fully saturated rings. The number of anilines is 2. The van der Waals surface area contributed by atoms with E-state index in [2.05, 4.69) is 4.90 Å². The summed E-state index contributed by atoms with van der Waals surface area (Å²) in [7, 11) is 2.00. The molecule has 0 aliphatic carbocycles. The van der Waals surface area contributed by atoms with Gasteiger partial charge >= 0.3 is 0 Å². The van der Waals surface area contributed by atoms with Crippen molar-refractivity contribution in [2.24, 2.45) is 0 Å². The molecule has 2 rings (SSSR count). The normalized spacial score (nSPS) is 17.8. The molecule has 1 aliphatic rings. The Hall–Kier alpha value is -1.36. The van der Waals surface area contributed by atoms with Crippen molar-refractivity contribution in [3.63, 3.8) is 0 Å². The van der Waals surface area contributed by atoms with Gasteiger partial charge in [-0.05, 0) is 19.2 Å². The number of hydrogen-bond acceptors (Lipinski definition) is 3. The van der Waals surface area contributed by atoms with Crippen molar-refractivity contribution in [3.8, 4) is 0 Å². The highest BCUT2D eigenvalue weighted by atomic mass is 19.2. The van der Waals surface area contributed by atoms with Crippen molar-refractivity contribution < 1.29 is 8.78 Å². The standard InChI is InChI=1S/C11H15F2N3/c1-15-4-6-16(7-5-15)11-9(14)3-2-8(12)10(11)13/h2-3H,4-7,14H2,1H3. The summed E-state index contributed by atoms with van der Waals surface area (Å²) in [6, 6.07) is 2.47. The van der Waals surface area contributed by atoms with E-state index in [9.17, 15) is 8.78 Å². The fourth-order valence-corrected chi connectivity index (χ4v) is 1.91. The Morgan fingerprint density at radius 1 is 1.12 bits per heavy atom. The second kappa shape index (κ2) is 4.25. The van der Waals surface area contributed by atoms with Crippen LogP contribution < -0.4 is 10.6 Å². The Bertz CT molecular complexity index is 387. The van der Waals surface area contributed by atoms with Crippen LogP contribution in [-0.2, 0) is 0 Å². The van der Waals surface area contributed by atoms with E-state index in [4.69, 9.17) is 5.73 Å². The lowest BCUT2D eigenvalue weighted by atomic mass is 10.2. The highest BCUT2D eigenvalue weighted by Crippen LogP contribution is 2.29. The van der Waals surface area contributed by atoms with Gasteiger partial charge in [-0.3, -0.25) is 0 Å². The maximum absolute atomic E-state index is 13.6. The smallest absolute Gasteiger partial charge is 0.184 e. The van der Waals surface area contributed by atoms with E-state index in [1.54, 1.807) is 4.90 Å². The van der Waals surface area contributed by atoms with Gasteiger partial charge in [-0.2, -0.15) is 0 Å². The highest BCUT2D eigenvalue weighted by Gasteiger charge is 2.21.